The van der Waals surface area contributed by atoms with Crippen molar-refractivity contribution >= 4 is 28.4 Å². The van der Waals surface area contributed by atoms with Crippen LogP contribution in [0, 0.1) is 0 Å². The van der Waals surface area contributed by atoms with Crippen LogP contribution >= 0.6 is 0 Å². The number of ether oxygens (including phenoxy) is 2. The highest BCUT2D eigenvalue weighted by Gasteiger charge is 2.20. The van der Waals surface area contributed by atoms with E-state index in [9.17, 15) is 9.18 Å². The number of carbonyl (C=O) groups is 1. The number of amides is 1. The summed E-state index contributed by atoms with van der Waals surface area (Å²) in [5.41, 5.74) is 0.476. The molecule has 0 aliphatic heterocycles. The van der Waals surface area contributed by atoms with Gasteiger partial charge in [-0.25, -0.2) is 14.4 Å². The minimum absolute atomic E-state index is 0.238. The van der Waals surface area contributed by atoms with Crippen LogP contribution < -0.4 is 20.1 Å². The number of halogens is 1. The number of H-pyrrole nitrogens is 1. The largest absolute Gasteiger partial charge is 0.494 e. The predicted octanol–water partition coefficient (Wildman–Crippen LogP) is 4.41. The van der Waals surface area contributed by atoms with E-state index < -0.39 is 18.1 Å². The number of benzene rings is 2. The molecule has 35 heavy (non-hydrogen) atoms. The SMILES string of the molecule is CCOc1ccc2nc(-c3cccc(OCC(=O)NC(C)(C)CF)c3)nc(Nc3cc[nH]n3)c2c1. The predicted molar refractivity (Wildman–Crippen MR) is 132 cm³/mol. The zero-order chi connectivity index (χ0) is 24.8. The van der Waals surface area contributed by atoms with Crippen LogP contribution in [0.2, 0.25) is 0 Å². The van der Waals surface area contributed by atoms with Gasteiger partial charge >= 0.3 is 0 Å². The Kier molecular flexibility index (Phi) is 7.09. The zero-order valence-corrected chi connectivity index (χ0v) is 19.8. The molecule has 9 nitrogen and oxygen atoms in total. The lowest BCUT2D eigenvalue weighted by Crippen LogP contribution is -2.47. The summed E-state index contributed by atoms with van der Waals surface area (Å²) in [5.74, 6) is 2.41. The van der Waals surface area contributed by atoms with E-state index in [0.717, 1.165) is 10.9 Å². The van der Waals surface area contributed by atoms with Gasteiger partial charge < -0.3 is 20.1 Å². The Morgan fingerprint density at radius 1 is 1.09 bits per heavy atom. The van der Waals surface area contributed by atoms with Gasteiger partial charge in [-0.15, -0.1) is 0 Å². The Labute approximate surface area is 202 Å². The summed E-state index contributed by atoms with van der Waals surface area (Å²) in [6, 6.07) is 14.5. The average molecular weight is 479 g/mol. The molecule has 182 valence electrons. The molecule has 1 amide bonds. The van der Waals surface area contributed by atoms with Crippen molar-refractivity contribution < 1.29 is 18.7 Å². The van der Waals surface area contributed by atoms with E-state index in [1.807, 2.05) is 31.2 Å². The van der Waals surface area contributed by atoms with Crippen LogP contribution in [0.15, 0.2) is 54.7 Å². The monoisotopic (exact) mass is 478 g/mol. The Bertz CT molecular complexity index is 1310. The molecular formula is C25H27FN6O3. The van der Waals surface area contributed by atoms with Gasteiger partial charge in [-0.05, 0) is 51.1 Å². The Morgan fingerprint density at radius 3 is 2.66 bits per heavy atom. The summed E-state index contributed by atoms with van der Waals surface area (Å²) in [5, 5.41) is 13.5. The molecule has 0 saturated carbocycles. The van der Waals surface area contributed by atoms with Crippen molar-refractivity contribution in [3.63, 3.8) is 0 Å². The number of carbonyl (C=O) groups excluding carboxylic acids is 1. The maximum Gasteiger partial charge on any atom is 0.258 e. The first kappa shape index (κ1) is 23.9. The molecule has 2 aromatic carbocycles. The topological polar surface area (TPSA) is 114 Å². The van der Waals surface area contributed by atoms with E-state index >= 15 is 0 Å². The van der Waals surface area contributed by atoms with Gasteiger partial charge in [-0.1, -0.05) is 12.1 Å². The van der Waals surface area contributed by atoms with Crippen LogP contribution in [0.3, 0.4) is 0 Å². The molecule has 0 radical (unpaired) electrons. The standard InChI is InChI=1S/C25H27FN6O3/c1-4-34-18-8-9-20-19(13-18)24(29-21-10-11-27-32-21)30-23(28-20)16-6-5-7-17(12-16)35-14-22(33)31-25(2,3)15-26/h5-13H,4,14-15H2,1-3H3,(H,31,33)(H2,27,28,29,30,32). The van der Waals surface area contributed by atoms with Gasteiger partial charge in [0.1, 0.15) is 24.0 Å². The first-order chi connectivity index (χ1) is 16.9. The third-order valence-corrected chi connectivity index (χ3v) is 5.00. The maximum absolute atomic E-state index is 13.0. The Morgan fingerprint density at radius 2 is 1.91 bits per heavy atom. The van der Waals surface area contributed by atoms with Crippen molar-refractivity contribution in [2.24, 2.45) is 0 Å². The third kappa shape index (κ3) is 6.03. The van der Waals surface area contributed by atoms with Crippen LogP contribution in [0.4, 0.5) is 16.0 Å². The van der Waals surface area contributed by atoms with Crippen LogP contribution in [-0.4, -0.2) is 51.5 Å². The molecule has 0 fully saturated rings. The number of hydrogen-bond donors (Lipinski definition) is 3. The number of fused-ring (bicyclic) bond motifs is 1. The molecule has 4 rings (SSSR count). The highest BCUT2D eigenvalue weighted by Crippen LogP contribution is 2.30. The number of nitrogens with one attached hydrogen (secondary N) is 3. The normalized spacial score (nSPS) is 11.3. The van der Waals surface area contributed by atoms with E-state index in [1.165, 1.54) is 0 Å². The summed E-state index contributed by atoms with van der Waals surface area (Å²) in [6.07, 6.45) is 1.71. The van der Waals surface area contributed by atoms with Gasteiger partial charge in [0, 0.05) is 23.2 Å². The van der Waals surface area contributed by atoms with Gasteiger partial charge in [-0.2, -0.15) is 5.10 Å². The number of anilines is 2. The molecule has 4 aromatic rings. The number of hydrogen-bond acceptors (Lipinski definition) is 7. The lowest BCUT2D eigenvalue weighted by molar-refractivity contribution is -0.124. The lowest BCUT2D eigenvalue weighted by Gasteiger charge is -2.22. The second-order valence-electron chi connectivity index (χ2n) is 8.47. The van der Waals surface area contributed by atoms with E-state index in [4.69, 9.17) is 19.4 Å². The van der Waals surface area contributed by atoms with Crippen molar-refractivity contribution in [2.75, 3.05) is 25.2 Å². The van der Waals surface area contributed by atoms with Crippen molar-refractivity contribution in [3.8, 4) is 22.9 Å². The van der Waals surface area contributed by atoms with E-state index in [2.05, 4.69) is 20.8 Å². The summed E-state index contributed by atoms with van der Waals surface area (Å²) in [7, 11) is 0. The molecule has 10 heteroatoms. The Balaban J connectivity index is 1.63. The van der Waals surface area contributed by atoms with Crippen molar-refractivity contribution in [3.05, 3.63) is 54.7 Å². The first-order valence-electron chi connectivity index (χ1n) is 11.2. The van der Waals surface area contributed by atoms with Crippen molar-refractivity contribution in [1.29, 1.82) is 0 Å². The molecule has 0 spiro atoms. The highest BCUT2D eigenvalue weighted by molar-refractivity contribution is 5.93. The maximum atomic E-state index is 13.0. The van der Waals surface area contributed by atoms with E-state index in [1.54, 1.807) is 44.3 Å². The number of aromatic nitrogens is 4. The van der Waals surface area contributed by atoms with Crippen molar-refractivity contribution in [2.45, 2.75) is 26.3 Å². The fourth-order valence-electron chi connectivity index (χ4n) is 3.36. The summed E-state index contributed by atoms with van der Waals surface area (Å²) in [4.78, 5) is 21.6. The molecule has 0 aliphatic carbocycles. The Hall–Kier alpha value is -4.21. The number of nitrogens with zero attached hydrogens (tertiary/aromatic N) is 3. The van der Waals surface area contributed by atoms with Crippen LogP contribution in [0.1, 0.15) is 20.8 Å². The van der Waals surface area contributed by atoms with Crippen molar-refractivity contribution in [1.82, 2.24) is 25.5 Å². The number of rotatable bonds is 10. The minimum atomic E-state index is -0.943. The van der Waals surface area contributed by atoms with Crippen LogP contribution in [0.5, 0.6) is 11.5 Å². The minimum Gasteiger partial charge on any atom is -0.494 e. The highest BCUT2D eigenvalue weighted by atomic mass is 19.1. The van der Waals surface area contributed by atoms with Gasteiger partial charge in [0.15, 0.2) is 18.2 Å². The van der Waals surface area contributed by atoms with Crippen LogP contribution in [-0.2, 0) is 4.79 Å². The molecule has 3 N–H and O–H groups in total. The molecule has 0 aliphatic rings. The summed E-state index contributed by atoms with van der Waals surface area (Å²) < 4.78 is 24.2. The molecule has 0 atom stereocenters. The summed E-state index contributed by atoms with van der Waals surface area (Å²) >= 11 is 0. The second-order valence-corrected chi connectivity index (χ2v) is 8.47. The molecule has 2 aromatic heterocycles. The zero-order valence-electron chi connectivity index (χ0n) is 19.8. The molecule has 0 saturated heterocycles. The number of alkyl halides is 1. The van der Waals surface area contributed by atoms with Gasteiger partial charge in [0.25, 0.3) is 5.91 Å². The smallest absolute Gasteiger partial charge is 0.258 e. The van der Waals surface area contributed by atoms with Gasteiger partial charge in [-0.3, -0.25) is 9.89 Å². The fraction of sp³-hybridized carbons (Fsp3) is 0.280. The third-order valence-electron chi connectivity index (χ3n) is 5.00. The lowest BCUT2D eigenvalue weighted by atomic mass is 10.1. The number of aromatic amines is 1. The quantitative estimate of drug-likeness (QED) is 0.309. The summed E-state index contributed by atoms with van der Waals surface area (Å²) in [6.45, 7) is 4.77. The van der Waals surface area contributed by atoms with E-state index in [0.29, 0.717) is 41.1 Å². The van der Waals surface area contributed by atoms with E-state index in [-0.39, 0.29) is 6.61 Å². The molecular weight excluding hydrogens is 451 g/mol. The molecule has 0 bridgehead atoms. The molecule has 2 heterocycles. The molecule has 0 unspecified atom stereocenters. The van der Waals surface area contributed by atoms with Crippen LogP contribution in [0.25, 0.3) is 22.3 Å². The average Bonchev–Trinajstić information content (AvgIpc) is 3.36. The first-order valence-corrected chi connectivity index (χ1v) is 11.2. The van der Waals surface area contributed by atoms with Gasteiger partial charge in [0.05, 0.1) is 17.7 Å². The fourth-order valence-corrected chi connectivity index (χ4v) is 3.36. The second kappa shape index (κ2) is 10.4. The van der Waals surface area contributed by atoms with Gasteiger partial charge in [0.2, 0.25) is 0 Å².